The summed E-state index contributed by atoms with van der Waals surface area (Å²) in [7, 11) is -2.79. The zero-order valence-corrected chi connectivity index (χ0v) is 21.5. The van der Waals surface area contributed by atoms with Crippen molar-refractivity contribution in [2.75, 3.05) is 7.11 Å². The van der Waals surface area contributed by atoms with Crippen molar-refractivity contribution in [3.8, 4) is 11.8 Å². The number of nitriles is 1. The van der Waals surface area contributed by atoms with Gasteiger partial charge in [-0.25, -0.2) is 13.4 Å². The molecule has 0 saturated heterocycles. The number of nitrogens with one attached hydrogen (secondary N) is 2. The topological polar surface area (TPSA) is 146 Å². The van der Waals surface area contributed by atoms with E-state index < -0.39 is 33.8 Å². The number of sulfonamides is 1. The number of carbonyl (C=O) groups is 2. The molecule has 0 radical (unpaired) electrons. The molecule has 4 rings (SSSR count). The summed E-state index contributed by atoms with van der Waals surface area (Å²) >= 11 is 3.25. The first-order chi connectivity index (χ1) is 17.5. The number of benzene rings is 1. The van der Waals surface area contributed by atoms with Crippen LogP contribution in [0.2, 0.25) is 0 Å². The van der Waals surface area contributed by atoms with Gasteiger partial charge in [0.05, 0.1) is 23.8 Å². The lowest BCUT2D eigenvalue weighted by Crippen LogP contribution is -2.44. The molecule has 1 saturated carbocycles. The standard InChI is InChI=1S/C22H19BrF2N6O5S/c1-36-14-4-2-13(3-5-14)10-31(22(12-26)6-7-22)37(34,35)15-8-16(23)19-27-9-17(30(19)11-15)20(32)28-29-21(33)18(24)25/h2-5,8-9,11,18H,6-7,10H2,1H3,(H,28,32)(H,29,33). The fourth-order valence-electron chi connectivity index (χ4n) is 3.59. The van der Waals surface area contributed by atoms with Crippen molar-refractivity contribution in [3.63, 3.8) is 0 Å². The van der Waals surface area contributed by atoms with Crippen LogP contribution < -0.4 is 15.6 Å². The van der Waals surface area contributed by atoms with E-state index in [1.807, 2.05) is 5.43 Å². The lowest BCUT2D eigenvalue weighted by Gasteiger charge is -2.27. The average molecular weight is 597 g/mol. The maximum Gasteiger partial charge on any atom is 0.317 e. The second kappa shape index (κ2) is 10.0. The van der Waals surface area contributed by atoms with Crippen molar-refractivity contribution >= 4 is 43.4 Å². The third kappa shape index (κ3) is 5.13. The van der Waals surface area contributed by atoms with E-state index >= 15 is 0 Å². The number of pyridine rings is 1. The van der Waals surface area contributed by atoms with Crippen molar-refractivity contribution < 1.29 is 31.5 Å². The first-order valence-corrected chi connectivity index (χ1v) is 12.9. The number of hydrogen-bond donors (Lipinski definition) is 2. The summed E-state index contributed by atoms with van der Waals surface area (Å²) < 4.78 is 60.2. The largest absolute Gasteiger partial charge is 0.497 e. The molecule has 1 aromatic carbocycles. The van der Waals surface area contributed by atoms with Crippen LogP contribution in [0.3, 0.4) is 0 Å². The number of methoxy groups -OCH3 is 1. The number of carbonyl (C=O) groups excluding carboxylic acids is 2. The number of hydrazine groups is 1. The first kappa shape index (κ1) is 26.5. The van der Waals surface area contributed by atoms with Gasteiger partial charge in [0.15, 0.2) is 5.65 Å². The van der Waals surface area contributed by atoms with Crippen molar-refractivity contribution in [3.05, 3.63) is 58.5 Å². The van der Waals surface area contributed by atoms with Crippen LogP contribution >= 0.6 is 15.9 Å². The molecular formula is C22H19BrF2N6O5S. The molecule has 0 bridgehead atoms. The summed E-state index contributed by atoms with van der Waals surface area (Å²) in [6, 6.07) is 10.2. The van der Waals surface area contributed by atoms with E-state index in [9.17, 15) is 32.0 Å². The molecule has 2 heterocycles. The molecule has 0 atom stereocenters. The fraction of sp³-hybridized carbons (Fsp3) is 0.273. The van der Waals surface area contributed by atoms with Crippen LogP contribution in [0.4, 0.5) is 8.78 Å². The molecule has 2 amide bonds. The molecule has 0 unspecified atom stereocenters. The fourth-order valence-corrected chi connectivity index (χ4v) is 6.05. The predicted octanol–water partition coefficient (Wildman–Crippen LogP) is 2.38. The zero-order valence-electron chi connectivity index (χ0n) is 19.1. The summed E-state index contributed by atoms with van der Waals surface area (Å²) in [5, 5.41) is 9.81. The highest BCUT2D eigenvalue weighted by atomic mass is 79.9. The van der Waals surface area contributed by atoms with E-state index in [1.165, 1.54) is 13.2 Å². The van der Waals surface area contributed by atoms with Gasteiger partial charge in [0, 0.05) is 12.7 Å². The molecule has 1 aliphatic rings. The van der Waals surface area contributed by atoms with Gasteiger partial charge in [0.25, 0.3) is 5.91 Å². The molecule has 2 aromatic heterocycles. The van der Waals surface area contributed by atoms with Gasteiger partial charge < -0.3 is 4.74 Å². The van der Waals surface area contributed by atoms with Gasteiger partial charge in [-0.1, -0.05) is 12.1 Å². The second-order valence-electron chi connectivity index (χ2n) is 8.11. The van der Waals surface area contributed by atoms with Crippen molar-refractivity contribution in [2.45, 2.75) is 36.2 Å². The van der Waals surface area contributed by atoms with Crippen LogP contribution in [0.1, 0.15) is 28.9 Å². The van der Waals surface area contributed by atoms with Gasteiger partial charge in [0.2, 0.25) is 10.0 Å². The molecule has 1 fully saturated rings. The maximum absolute atomic E-state index is 13.8. The molecule has 2 N–H and O–H groups in total. The van der Waals surface area contributed by atoms with Crippen molar-refractivity contribution in [2.24, 2.45) is 0 Å². The Labute approximate surface area is 218 Å². The number of hydrogen-bond acceptors (Lipinski definition) is 7. The first-order valence-electron chi connectivity index (χ1n) is 10.6. The lowest BCUT2D eigenvalue weighted by atomic mass is 10.2. The maximum atomic E-state index is 13.8. The number of rotatable bonds is 8. The van der Waals surface area contributed by atoms with Gasteiger partial charge in [-0.3, -0.25) is 24.8 Å². The minimum absolute atomic E-state index is 0.0908. The Kier molecular flexibility index (Phi) is 7.18. The monoisotopic (exact) mass is 596 g/mol. The Bertz CT molecular complexity index is 1520. The highest BCUT2D eigenvalue weighted by molar-refractivity contribution is 9.10. The van der Waals surface area contributed by atoms with E-state index in [4.69, 9.17) is 4.74 Å². The van der Waals surface area contributed by atoms with Crippen LogP contribution in [0.15, 0.2) is 52.1 Å². The Morgan fingerprint density at radius 3 is 2.54 bits per heavy atom. The van der Waals surface area contributed by atoms with Gasteiger partial charge in [-0.05, 0) is 52.5 Å². The molecule has 15 heteroatoms. The summed E-state index contributed by atoms with van der Waals surface area (Å²) in [4.78, 5) is 27.4. The summed E-state index contributed by atoms with van der Waals surface area (Å²) in [5.74, 6) is -2.13. The predicted molar refractivity (Wildman–Crippen MR) is 128 cm³/mol. The summed E-state index contributed by atoms with van der Waals surface area (Å²) in [6.45, 7) is -0.0908. The average Bonchev–Trinajstić information content (AvgIpc) is 3.55. The lowest BCUT2D eigenvalue weighted by molar-refractivity contribution is -0.132. The normalized spacial score (nSPS) is 14.4. The molecule has 0 spiro atoms. The Morgan fingerprint density at radius 2 is 1.97 bits per heavy atom. The minimum Gasteiger partial charge on any atom is -0.497 e. The number of aromatic nitrogens is 2. The van der Waals surface area contributed by atoms with Crippen LogP contribution in [0.5, 0.6) is 5.75 Å². The van der Waals surface area contributed by atoms with E-state index in [2.05, 4.69) is 27.0 Å². The van der Waals surface area contributed by atoms with E-state index in [-0.39, 0.29) is 27.3 Å². The van der Waals surface area contributed by atoms with Crippen molar-refractivity contribution in [1.29, 1.82) is 5.26 Å². The number of amides is 2. The Balaban J connectivity index is 1.72. The van der Waals surface area contributed by atoms with Gasteiger partial charge in [-0.2, -0.15) is 18.3 Å². The third-order valence-corrected chi connectivity index (χ3v) is 8.21. The van der Waals surface area contributed by atoms with Gasteiger partial charge >= 0.3 is 12.3 Å². The van der Waals surface area contributed by atoms with E-state index in [0.717, 1.165) is 21.1 Å². The van der Waals surface area contributed by atoms with Crippen LogP contribution in [0, 0.1) is 11.3 Å². The van der Waals surface area contributed by atoms with E-state index in [1.54, 1.807) is 29.7 Å². The molecular weight excluding hydrogens is 578 g/mol. The minimum atomic E-state index is -4.29. The molecule has 194 valence electrons. The number of halogens is 3. The van der Waals surface area contributed by atoms with Crippen molar-refractivity contribution in [1.82, 2.24) is 24.5 Å². The molecule has 37 heavy (non-hydrogen) atoms. The van der Waals surface area contributed by atoms with Crippen LogP contribution in [0.25, 0.3) is 5.65 Å². The van der Waals surface area contributed by atoms with Gasteiger partial charge in [-0.15, -0.1) is 0 Å². The summed E-state index contributed by atoms with van der Waals surface area (Å²) in [6.07, 6.45) is -0.413. The third-order valence-electron chi connectivity index (χ3n) is 5.75. The van der Waals surface area contributed by atoms with Crippen LogP contribution in [-0.2, 0) is 21.4 Å². The van der Waals surface area contributed by atoms with Gasteiger partial charge in [0.1, 0.15) is 21.9 Å². The number of fused-ring (bicyclic) bond motifs is 1. The highest BCUT2D eigenvalue weighted by Crippen LogP contribution is 2.45. The smallest absolute Gasteiger partial charge is 0.317 e. The quantitative estimate of drug-likeness (QED) is 0.379. The molecule has 1 aliphatic carbocycles. The molecule has 0 aliphatic heterocycles. The van der Waals surface area contributed by atoms with E-state index in [0.29, 0.717) is 24.2 Å². The summed E-state index contributed by atoms with van der Waals surface area (Å²) in [5.41, 5.74) is 2.74. The molecule has 3 aromatic rings. The second-order valence-corrected chi connectivity index (χ2v) is 10.8. The molecule has 11 nitrogen and oxygen atoms in total. The van der Waals surface area contributed by atoms with Crippen LogP contribution in [-0.4, -0.2) is 53.0 Å². The number of nitrogens with zero attached hydrogens (tertiary/aromatic N) is 4. The Hall–Kier alpha value is -3.61. The SMILES string of the molecule is COc1ccc(CN(C2(C#N)CC2)S(=O)(=O)c2cc(Br)c3ncc(C(=O)NNC(=O)C(F)F)n3c2)cc1. The zero-order chi connectivity index (χ0) is 27.0. The number of imidazole rings is 1. The number of alkyl halides is 2. The Morgan fingerprint density at radius 1 is 1.30 bits per heavy atom. The highest BCUT2D eigenvalue weighted by Gasteiger charge is 2.54. The number of ether oxygens (including phenoxy) is 1.